The van der Waals surface area contributed by atoms with Crippen LogP contribution in [-0.4, -0.2) is 67.1 Å². The Morgan fingerprint density at radius 2 is 1.86 bits per heavy atom. The van der Waals surface area contributed by atoms with Gasteiger partial charge in [0.1, 0.15) is 24.0 Å². The smallest absolute Gasteiger partial charge is 0.252 e. The van der Waals surface area contributed by atoms with Gasteiger partial charge in [0.25, 0.3) is 5.89 Å². The van der Waals surface area contributed by atoms with Gasteiger partial charge in [0.05, 0.1) is 17.7 Å². The number of ether oxygens (including phenoxy) is 2. The van der Waals surface area contributed by atoms with E-state index < -0.39 is 11.6 Å². The zero-order valence-corrected chi connectivity index (χ0v) is 24.6. The average Bonchev–Trinajstić information content (AvgIpc) is 3.60. The summed E-state index contributed by atoms with van der Waals surface area (Å²) in [6.07, 6.45) is 7.33. The van der Waals surface area contributed by atoms with E-state index in [2.05, 4.69) is 56.1 Å². The van der Waals surface area contributed by atoms with Crippen LogP contribution in [0.5, 0.6) is 5.75 Å². The van der Waals surface area contributed by atoms with Gasteiger partial charge in [-0.1, -0.05) is 24.2 Å². The van der Waals surface area contributed by atoms with Crippen molar-refractivity contribution in [1.29, 1.82) is 0 Å². The molecule has 1 unspecified atom stereocenters. The fraction of sp³-hybridized carbons (Fsp3) is 0.517. The number of allylic oxidation sites excluding steroid dienone is 1. The number of rotatable bonds is 19. The second-order valence-corrected chi connectivity index (χ2v) is 10.2. The fourth-order valence-electron chi connectivity index (χ4n) is 4.20. The third kappa shape index (κ3) is 10.2. The standard InChI is InChI=1S/C29H39F2N7O4/c1-19(2)13-25-35-28(37-41-25)21(16-33-4)17-34-11-9-20(8-10-32-3)7-6-12-40-22-14-23(30)27(24(31)15-22)29-36-26(18-39-5)42-38-29/h14-17,19-20,32H,4,6-13,18H2,1-3,5H3/b21-16+,34-17?. The molecule has 1 aromatic carbocycles. The lowest BCUT2D eigenvalue weighted by Crippen LogP contribution is -2.15. The Hall–Kier alpha value is -3.84. The van der Waals surface area contributed by atoms with E-state index >= 15 is 0 Å². The molecule has 1 N–H and O–H groups in total. The third-order valence-corrected chi connectivity index (χ3v) is 6.24. The van der Waals surface area contributed by atoms with Gasteiger partial charge in [0.15, 0.2) is 0 Å². The summed E-state index contributed by atoms with van der Waals surface area (Å²) in [5.41, 5.74) is 0.252. The van der Waals surface area contributed by atoms with Crippen LogP contribution in [0.2, 0.25) is 0 Å². The highest BCUT2D eigenvalue weighted by atomic mass is 19.1. The summed E-state index contributed by atoms with van der Waals surface area (Å²) >= 11 is 0. The Labute approximate surface area is 244 Å². The molecule has 0 saturated carbocycles. The lowest BCUT2D eigenvalue weighted by Gasteiger charge is -2.16. The number of methoxy groups -OCH3 is 1. The van der Waals surface area contributed by atoms with Crippen LogP contribution < -0.4 is 10.1 Å². The highest BCUT2D eigenvalue weighted by Crippen LogP contribution is 2.28. The van der Waals surface area contributed by atoms with E-state index in [1.54, 1.807) is 12.4 Å². The quantitative estimate of drug-likeness (QED) is 0.146. The minimum absolute atomic E-state index is 0.0452. The molecule has 13 heteroatoms. The van der Waals surface area contributed by atoms with E-state index in [1.165, 1.54) is 7.11 Å². The van der Waals surface area contributed by atoms with Crippen LogP contribution in [0.15, 0.2) is 37.4 Å². The van der Waals surface area contributed by atoms with Crippen molar-refractivity contribution in [3.63, 3.8) is 0 Å². The summed E-state index contributed by atoms with van der Waals surface area (Å²) in [5, 5.41) is 10.9. The molecule has 2 heterocycles. The van der Waals surface area contributed by atoms with Gasteiger partial charge in [-0.15, -0.1) is 0 Å². The molecule has 0 radical (unpaired) electrons. The van der Waals surface area contributed by atoms with Crippen LogP contribution in [-0.2, 0) is 17.8 Å². The summed E-state index contributed by atoms with van der Waals surface area (Å²) in [6.45, 7) is 9.50. The lowest BCUT2D eigenvalue weighted by molar-refractivity contribution is 0.151. The molecule has 3 aromatic rings. The largest absolute Gasteiger partial charge is 0.493 e. The molecule has 0 bridgehead atoms. The van der Waals surface area contributed by atoms with Crippen molar-refractivity contribution in [1.82, 2.24) is 25.6 Å². The predicted molar refractivity (Wildman–Crippen MR) is 155 cm³/mol. The number of nitrogens with one attached hydrogen (secondary N) is 1. The number of aromatic nitrogens is 4. The highest BCUT2D eigenvalue weighted by Gasteiger charge is 2.20. The van der Waals surface area contributed by atoms with Crippen LogP contribution in [0.25, 0.3) is 17.0 Å². The van der Waals surface area contributed by atoms with E-state index in [0.717, 1.165) is 37.9 Å². The summed E-state index contributed by atoms with van der Waals surface area (Å²) in [5.74, 6) is 0.141. The third-order valence-electron chi connectivity index (χ3n) is 6.24. The predicted octanol–water partition coefficient (Wildman–Crippen LogP) is 5.33. The molecular weight excluding hydrogens is 548 g/mol. The SMILES string of the molecule is C=N/C=C(\C=NCCC(CCCOc1cc(F)c(-c2noc(COC)n2)c(F)c1)CCNC)c1noc(CC(C)C)n1. The van der Waals surface area contributed by atoms with Gasteiger partial charge in [-0.2, -0.15) is 9.97 Å². The first-order valence-corrected chi connectivity index (χ1v) is 13.9. The van der Waals surface area contributed by atoms with E-state index in [-0.39, 0.29) is 29.6 Å². The molecule has 0 aliphatic heterocycles. The Bertz CT molecular complexity index is 1300. The molecule has 228 valence electrons. The number of hydrogen-bond acceptors (Lipinski definition) is 11. The van der Waals surface area contributed by atoms with E-state index in [4.69, 9.17) is 18.5 Å². The van der Waals surface area contributed by atoms with Gasteiger partial charge in [0.2, 0.25) is 17.5 Å². The molecule has 0 fully saturated rings. The molecule has 3 rings (SSSR count). The van der Waals surface area contributed by atoms with Crippen molar-refractivity contribution < 1.29 is 27.3 Å². The molecule has 0 spiro atoms. The summed E-state index contributed by atoms with van der Waals surface area (Å²) in [4.78, 5) is 16.8. The molecule has 1 atom stereocenters. The van der Waals surface area contributed by atoms with E-state index in [1.807, 2.05) is 7.05 Å². The Balaban J connectivity index is 1.50. The summed E-state index contributed by atoms with van der Waals surface area (Å²) < 4.78 is 50.2. The highest BCUT2D eigenvalue weighted by molar-refractivity contribution is 6.08. The number of hydrogen-bond donors (Lipinski definition) is 1. The molecule has 0 saturated heterocycles. The summed E-state index contributed by atoms with van der Waals surface area (Å²) in [6, 6.07) is 2.24. The zero-order valence-electron chi connectivity index (χ0n) is 24.6. The first-order chi connectivity index (χ1) is 20.3. The molecule has 0 aliphatic carbocycles. The van der Waals surface area contributed by atoms with Crippen molar-refractivity contribution in [2.45, 2.75) is 52.6 Å². The van der Waals surface area contributed by atoms with Crippen molar-refractivity contribution in [2.75, 3.05) is 33.9 Å². The first-order valence-electron chi connectivity index (χ1n) is 13.9. The number of halogens is 2. The maximum atomic E-state index is 14.7. The van der Waals surface area contributed by atoms with Crippen LogP contribution in [0, 0.1) is 23.5 Å². The van der Waals surface area contributed by atoms with Gasteiger partial charge in [-0.25, -0.2) is 8.78 Å². The summed E-state index contributed by atoms with van der Waals surface area (Å²) in [7, 11) is 3.36. The Kier molecular flexibility index (Phi) is 13.4. The minimum atomic E-state index is -0.837. The molecule has 0 amide bonds. The molecule has 2 aromatic heterocycles. The Morgan fingerprint density at radius 3 is 2.55 bits per heavy atom. The van der Waals surface area contributed by atoms with Crippen molar-refractivity contribution in [2.24, 2.45) is 21.8 Å². The van der Waals surface area contributed by atoms with Crippen molar-refractivity contribution in [3.05, 3.63) is 47.6 Å². The maximum absolute atomic E-state index is 14.7. The molecule has 0 aliphatic rings. The lowest BCUT2D eigenvalue weighted by atomic mass is 9.96. The van der Waals surface area contributed by atoms with Gasteiger partial charge < -0.3 is 23.8 Å². The molecule has 11 nitrogen and oxygen atoms in total. The molecular formula is C29H39F2N7O4. The number of aliphatic imine (C=N–C) groups is 2. The van der Waals surface area contributed by atoms with Gasteiger partial charge in [-0.3, -0.25) is 9.98 Å². The van der Waals surface area contributed by atoms with E-state index in [0.29, 0.717) is 55.1 Å². The van der Waals surface area contributed by atoms with Gasteiger partial charge >= 0.3 is 0 Å². The van der Waals surface area contributed by atoms with Crippen LogP contribution >= 0.6 is 0 Å². The minimum Gasteiger partial charge on any atom is -0.493 e. The number of nitrogens with zero attached hydrogens (tertiary/aromatic N) is 6. The monoisotopic (exact) mass is 587 g/mol. The molecule has 42 heavy (non-hydrogen) atoms. The van der Waals surface area contributed by atoms with Crippen LogP contribution in [0.3, 0.4) is 0 Å². The topological polar surface area (TPSA) is 133 Å². The van der Waals surface area contributed by atoms with Gasteiger partial charge in [0, 0.05) is 44.6 Å². The van der Waals surface area contributed by atoms with Gasteiger partial charge in [-0.05, 0) is 57.8 Å². The fourth-order valence-corrected chi connectivity index (χ4v) is 4.20. The van der Waals surface area contributed by atoms with Crippen molar-refractivity contribution >= 4 is 18.5 Å². The maximum Gasteiger partial charge on any atom is 0.252 e. The van der Waals surface area contributed by atoms with Crippen LogP contribution in [0.1, 0.15) is 57.1 Å². The first kappa shape index (κ1) is 32.7. The second-order valence-electron chi connectivity index (χ2n) is 10.2. The number of benzene rings is 1. The zero-order chi connectivity index (χ0) is 30.3. The second kappa shape index (κ2) is 17.2. The van der Waals surface area contributed by atoms with E-state index in [9.17, 15) is 8.78 Å². The van der Waals surface area contributed by atoms with Crippen molar-refractivity contribution in [3.8, 4) is 17.1 Å². The normalized spacial score (nSPS) is 12.9. The van der Waals surface area contributed by atoms with Crippen LogP contribution in [0.4, 0.5) is 8.78 Å². The average molecular weight is 588 g/mol. The Morgan fingerprint density at radius 1 is 1.10 bits per heavy atom.